The zero-order chi connectivity index (χ0) is 33.5. The van der Waals surface area contributed by atoms with E-state index in [0.717, 1.165) is 11.4 Å². The lowest BCUT2D eigenvalue weighted by molar-refractivity contribution is 1.31. The van der Waals surface area contributed by atoms with Gasteiger partial charge in [0.15, 0.2) is 0 Å². The maximum atomic E-state index is 2.46. The van der Waals surface area contributed by atoms with Crippen molar-refractivity contribution in [1.82, 2.24) is 0 Å². The van der Waals surface area contributed by atoms with Gasteiger partial charge in [-0.15, -0.1) is 22.7 Å². The van der Waals surface area contributed by atoms with E-state index in [1.165, 1.54) is 89.5 Å². The van der Waals surface area contributed by atoms with Crippen LogP contribution in [-0.2, 0) is 0 Å². The summed E-state index contributed by atoms with van der Waals surface area (Å²) in [6.45, 7) is 0. The molecular formula is C48H29NS2. The maximum Gasteiger partial charge on any atom is 0.0547 e. The summed E-state index contributed by atoms with van der Waals surface area (Å²) < 4.78 is 5.36. The average Bonchev–Trinajstić information content (AvgIpc) is 3.77. The van der Waals surface area contributed by atoms with E-state index in [1.807, 2.05) is 22.7 Å². The van der Waals surface area contributed by atoms with Crippen LogP contribution in [0.4, 0.5) is 17.1 Å². The molecule has 0 atom stereocenters. The lowest BCUT2D eigenvalue weighted by Gasteiger charge is -2.28. The molecule has 1 nitrogen and oxygen atoms in total. The van der Waals surface area contributed by atoms with Crippen molar-refractivity contribution in [2.75, 3.05) is 4.90 Å². The van der Waals surface area contributed by atoms with Gasteiger partial charge in [0.25, 0.3) is 0 Å². The largest absolute Gasteiger partial charge is 0.310 e. The second-order valence-electron chi connectivity index (χ2n) is 13.3. The van der Waals surface area contributed by atoms with Crippen molar-refractivity contribution in [2.24, 2.45) is 0 Å². The molecule has 0 N–H and O–H groups in total. The van der Waals surface area contributed by atoms with Crippen molar-refractivity contribution in [3.63, 3.8) is 0 Å². The van der Waals surface area contributed by atoms with Gasteiger partial charge < -0.3 is 4.90 Å². The van der Waals surface area contributed by atoms with Crippen LogP contribution in [0.15, 0.2) is 176 Å². The number of fused-ring (bicyclic) bond motifs is 10. The van der Waals surface area contributed by atoms with Crippen LogP contribution < -0.4 is 4.90 Å². The van der Waals surface area contributed by atoms with Gasteiger partial charge in [0, 0.05) is 73.6 Å². The van der Waals surface area contributed by atoms with E-state index in [4.69, 9.17) is 0 Å². The molecule has 11 rings (SSSR count). The smallest absolute Gasteiger partial charge is 0.0547 e. The van der Waals surface area contributed by atoms with Crippen molar-refractivity contribution in [3.05, 3.63) is 176 Å². The van der Waals surface area contributed by atoms with E-state index < -0.39 is 0 Å². The molecule has 0 aliphatic rings. The Labute approximate surface area is 302 Å². The van der Waals surface area contributed by atoms with Gasteiger partial charge in [0.05, 0.1) is 5.69 Å². The molecule has 0 bridgehead atoms. The Morgan fingerprint density at radius 2 is 0.804 bits per heavy atom. The Hall–Kier alpha value is -6.00. The molecule has 51 heavy (non-hydrogen) atoms. The monoisotopic (exact) mass is 683 g/mol. The molecule has 3 heteroatoms. The fourth-order valence-corrected chi connectivity index (χ4v) is 10.6. The Morgan fingerprint density at radius 1 is 0.314 bits per heavy atom. The molecule has 0 unspecified atom stereocenters. The second-order valence-corrected chi connectivity index (χ2v) is 15.4. The van der Waals surface area contributed by atoms with Crippen LogP contribution in [-0.4, -0.2) is 0 Å². The molecule has 11 aromatic rings. The number of nitrogens with zero attached hydrogens (tertiary/aromatic N) is 1. The lowest BCUT2D eigenvalue weighted by atomic mass is 9.98. The van der Waals surface area contributed by atoms with E-state index >= 15 is 0 Å². The molecule has 0 aliphatic carbocycles. The summed E-state index contributed by atoms with van der Waals surface area (Å²) in [5.74, 6) is 0. The minimum Gasteiger partial charge on any atom is -0.310 e. The Morgan fingerprint density at radius 3 is 1.47 bits per heavy atom. The molecule has 0 saturated carbocycles. The van der Waals surface area contributed by atoms with Crippen LogP contribution in [0.1, 0.15) is 0 Å². The summed E-state index contributed by atoms with van der Waals surface area (Å²) in [6, 6.07) is 64.9. The van der Waals surface area contributed by atoms with Gasteiger partial charge in [-0.2, -0.15) is 0 Å². The summed E-state index contributed by atoms with van der Waals surface area (Å²) in [6.07, 6.45) is 0. The predicted molar refractivity (Wildman–Crippen MR) is 225 cm³/mol. The van der Waals surface area contributed by atoms with Gasteiger partial charge in [-0.25, -0.2) is 0 Å². The number of thiophene rings is 2. The number of anilines is 3. The van der Waals surface area contributed by atoms with Gasteiger partial charge in [0.1, 0.15) is 0 Å². The molecule has 9 aromatic carbocycles. The molecule has 2 aromatic heterocycles. The second kappa shape index (κ2) is 11.3. The van der Waals surface area contributed by atoms with Crippen LogP contribution >= 0.6 is 22.7 Å². The number of hydrogen-bond acceptors (Lipinski definition) is 3. The topological polar surface area (TPSA) is 3.24 Å². The first-order valence-electron chi connectivity index (χ1n) is 17.3. The van der Waals surface area contributed by atoms with E-state index in [1.54, 1.807) is 0 Å². The normalized spacial score (nSPS) is 11.9. The van der Waals surface area contributed by atoms with Gasteiger partial charge in [-0.3, -0.25) is 0 Å². The van der Waals surface area contributed by atoms with Crippen molar-refractivity contribution in [3.8, 4) is 11.1 Å². The van der Waals surface area contributed by atoms with Crippen molar-refractivity contribution in [2.45, 2.75) is 0 Å². The van der Waals surface area contributed by atoms with Crippen LogP contribution in [0.25, 0.3) is 83.8 Å². The van der Waals surface area contributed by atoms with Crippen molar-refractivity contribution in [1.29, 1.82) is 0 Å². The zero-order valence-corrected chi connectivity index (χ0v) is 29.1. The number of benzene rings is 9. The van der Waals surface area contributed by atoms with Crippen LogP contribution in [0.3, 0.4) is 0 Å². The van der Waals surface area contributed by atoms with E-state index in [-0.39, 0.29) is 0 Å². The standard InChI is InChI=1S/C48H29NS2/c1-3-13-32-27-34(25-23-30(32)11-1)49(35-26-24-31-12-2-4-14-33(31)28-35)44-29-43-42-21-10-20-41(47(42)51-48(43)38-17-6-5-15-36(38)44)40-19-9-18-39-37-16-7-8-22-45(37)50-46(39)40/h1-29H. The fourth-order valence-electron chi connectivity index (χ4n) is 8.02. The highest BCUT2D eigenvalue weighted by molar-refractivity contribution is 7.28. The van der Waals surface area contributed by atoms with E-state index in [9.17, 15) is 0 Å². The van der Waals surface area contributed by atoms with Crippen molar-refractivity contribution >= 4 is 112 Å². The lowest BCUT2D eigenvalue weighted by Crippen LogP contribution is -2.10. The highest BCUT2D eigenvalue weighted by atomic mass is 32.1. The molecule has 0 saturated heterocycles. The summed E-state index contributed by atoms with van der Waals surface area (Å²) in [4.78, 5) is 2.46. The third kappa shape index (κ3) is 4.45. The Kier molecular flexibility index (Phi) is 6.36. The third-order valence-electron chi connectivity index (χ3n) is 10.4. The predicted octanol–water partition coefficient (Wildman–Crippen LogP) is 15.0. The molecule has 0 aliphatic heterocycles. The minimum atomic E-state index is 1.14. The van der Waals surface area contributed by atoms with Crippen LogP contribution in [0, 0.1) is 0 Å². The first-order valence-corrected chi connectivity index (χ1v) is 19.0. The fraction of sp³-hybridized carbons (Fsp3) is 0. The quantitative estimate of drug-likeness (QED) is 0.178. The maximum absolute atomic E-state index is 2.46. The van der Waals surface area contributed by atoms with E-state index in [0.29, 0.717) is 0 Å². The van der Waals surface area contributed by atoms with Crippen LogP contribution in [0.5, 0.6) is 0 Å². The summed E-state index contributed by atoms with van der Waals surface area (Å²) in [5.41, 5.74) is 6.08. The zero-order valence-electron chi connectivity index (χ0n) is 27.5. The molecule has 0 amide bonds. The highest BCUT2D eigenvalue weighted by Crippen LogP contribution is 2.50. The highest BCUT2D eigenvalue weighted by Gasteiger charge is 2.21. The minimum absolute atomic E-state index is 1.14. The van der Waals surface area contributed by atoms with Crippen LogP contribution in [0.2, 0.25) is 0 Å². The Bertz CT molecular complexity index is 3090. The van der Waals surface area contributed by atoms with Gasteiger partial charge >= 0.3 is 0 Å². The van der Waals surface area contributed by atoms with Gasteiger partial charge in [0.2, 0.25) is 0 Å². The van der Waals surface area contributed by atoms with Crippen molar-refractivity contribution < 1.29 is 0 Å². The first-order chi connectivity index (χ1) is 25.3. The number of rotatable bonds is 4. The molecule has 0 radical (unpaired) electrons. The third-order valence-corrected chi connectivity index (χ3v) is 12.9. The summed E-state index contributed by atoms with van der Waals surface area (Å²) in [5, 5.41) is 12.7. The molecular weight excluding hydrogens is 655 g/mol. The Balaban J connectivity index is 1.20. The van der Waals surface area contributed by atoms with Gasteiger partial charge in [-0.05, 0) is 57.9 Å². The SMILES string of the molecule is c1ccc2cc(N(c3ccc4ccccc4c3)c3cc4c5cccc(-c6cccc7c6sc6ccccc67)c5sc4c4ccccc34)ccc2c1. The molecule has 0 fully saturated rings. The molecule has 2 heterocycles. The molecule has 0 spiro atoms. The number of hydrogen-bond donors (Lipinski definition) is 0. The first kappa shape index (κ1) is 28.8. The summed E-state index contributed by atoms with van der Waals surface area (Å²) in [7, 11) is 0. The van der Waals surface area contributed by atoms with E-state index in [2.05, 4.69) is 181 Å². The van der Waals surface area contributed by atoms with Gasteiger partial charge in [-0.1, -0.05) is 140 Å². The average molecular weight is 684 g/mol. The summed E-state index contributed by atoms with van der Waals surface area (Å²) >= 11 is 3.83. The molecule has 238 valence electrons.